The van der Waals surface area contributed by atoms with Gasteiger partial charge in [0.05, 0.1) is 13.2 Å². The van der Waals surface area contributed by atoms with E-state index in [9.17, 15) is 9.59 Å². The molecule has 8 nitrogen and oxygen atoms in total. The van der Waals surface area contributed by atoms with Gasteiger partial charge in [0.2, 0.25) is 0 Å². The fraction of sp³-hybridized carbons (Fsp3) is 0.296. The zero-order chi connectivity index (χ0) is 24.5. The Morgan fingerprint density at radius 3 is 2.34 bits per heavy atom. The lowest BCUT2D eigenvalue weighted by molar-refractivity contribution is -0.139. The number of aromatic nitrogens is 1. The second-order valence-electron chi connectivity index (χ2n) is 8.37. The van der Waals surface area contributed by atoms with Gasteiger partial charge >= 0.3 is 11.8 Å². The SMILES string of the molecule is COc1ccccc1CNC(=O)C(=O)NC[C@H](c1cccnc1)N1CCN(c2ccccc2)CC1. The van der Waals surface area contributed by atoms with E-state index in [2.05, 4.69) is 49.7 Å². The quantitative estimate of drug-likeness (QED) is 0.489. The molecule has 2 N–H and O–H groups in total. The highest BCUT2D eigenvalue weighted by Gasteiger charge is 2.26. The molecule has 2 aromatic carbocycles. The third-order valence-corrected chi connectivity index (χ3v) is 6.24. The summed E-state index contributed by atoms with van der Waals surface area (Å²) in [5.74, 6) is -0.661. The van der Waals surface area contributed by atoms with Gasteiger partial charge in [-0.2, -0.15) is 0 Å². The van der Waals surface area contributed by atoms with Gasteiger partial charge in [0, 0.05) is 62.9 Å². The van der Waals surface area contributed by atoms with E-state index >= 15 is 0 Å². The molecule has 8 heteroatoms. The maximum Gasteiger partial charge on any atom is 0.309 e. The molecule has 1 aliphatic rings. The number of nitrogens with zero attached hydrogens (tertiary/aromatic N) is 3. The van der Waals surface area contributed by atoms with Crippen molar-refractivity contribution in [3.8, 4) is 5.75 Å². The van der Waals surface area contributed by atoms with Crippen molar-refractivity contribution >= 4 is 17.5 Å². The van der Waals surface area contributed by atoms with Crippen molar-refractivity contribution in [1.29, 1.82) is 0 Å². The van der Waals surface area contributed by atoms with Gasteiger partial charge in [0.1, 0.15) is 5.75 Å². The molecular weight excluding hydrogens is 442 g/mol. The Balaban J connectivity index is 1.35. The minimum atomic E-state index is -0.672. The van der Waals surface area contributed by atoms with E-state index < -0.39 is 11.8 Å². The summed E-state index contributed by atoms with van der Waals surface area (Å²) < 4.78 is 5.30. The van der Waals surface area contributed by atoms with Crippen LogP contribution in [0.3, 0.4) is 0 Å². The summed E-state index contributed by atoms with van der Waals surface area (Å²) in [7, 11) is 1.58. The second kappa shape index (κ2) is 12.0. The number of rotatable bonds is 8. The Hall–Kier alpha value is -3.91. The molecule has 2 heterocycles. The van der Waals surface area contributed by atoms with Crippen molar-refractivity contribution in [2.24, 2.45) is 0 Å². The predicted octanol–water partition coefficient (Wildman–Crippen LogP) is 2.39. The summed E-state index contributed by atoms with van der Waals surface area (Å²) in [4.78, 5) is 34.0. The zero-order valence-corrected chi connectivity index (χ0v) is 19.9. The van der Waals surface area contributed by atoms with E-state index in [1.807, 2.05) is 48.7 Å². The maximum absolute atomic E-state index is 12.6. The minimum Gasteiger partial charge on any atom is -0.496 e. The van der Waals surface area contributed by atoms with E-state index in [1.54, 1.807) is 13.3 Å². The molecule has 1 aliphatic heterocycles. The van der Waals surface area contributed by atoms with Crippen LogP contribution in [0, 0.1) is 0 Å². The molecule has 1 fully saturated rings. The molecule has 3 aromatic rings. The van der Waals surface area contributed by atoms with Crippen LogP contribution >= 0.6 is 0 Å². The van der Waals surface area contributed by atoms with Crippen LogP contribution in [0.5, 0.6) is 5.75 Å². The Morgan fingerprint density at radius 2 is 1.63 bits per heavy atom. The minimum absolute atomic E-state index is 0.0763. The number of ether oxygens (including phenoxy) is 1. The number of hydrogen-bond acceptors (Lipinski definition) is 6. The van der Waals surface area contributed by atoms with Crippen molar-refractivity contribution in [3.63, 3.8) is 0 Å². The summed E-state index contributed by atoms with van der Waals surface area (Å²) in [6, 6.07) is 21.6. The number of amides is 2. The van der Waals surface area contributed by atoms with Crippen LogP contribution in [0.15, 0.2) is 79.1 Å². The van der Waals surface area contributed by atoms with Crippen LogP contribution in [0.4, 0.5) is 5.69 Å². The molecule has 0 aliphatic carbocycles. The number of carbonyl (C=O) groups excluding carboxylic acids is 2. The van der Waals surface area contributed by atoms with Crippen molar-refractivity contribution in [1.82, 2.24) is 20.5 Å². The van der Waals surface area contributed by atoms with E-state index in [0.29, 0.717) is 12.3 Å². The fourth-order valence-electron chi connectivity index (χ4n) is 4.34. The van der Waals surface area contributed by atoms with Crippen LogP contribution in [0.2, 0.25) is 0 Å². The first kappa shape index (κ1) is 24.2. The largest absolute Gasteiger partial charge is 0.496 e. The third-order valence-electron chi connectivity index (χ3n) is 6.24. The molecule has 4 rings (SSSR count). The molecule has 1 atom stereocenters. The number of carbonyl (C=O) groups is 2. The van der Waals surface area contributed by atoms with Crippen molar-refractivity contribution in [2.45, 2.75) is 12.6 Å². The average Bonchev–Trinajstić information content (AvgIpc) is 2.93. The van der Waals surface area contributed by atoms with Crippen LogP contribution in [0.1, 0.15) is 17.2 Å². The second-order valence-corrected chi connectivity index (χ2v) is 8.37. The topological polar surface area (TPSA) is 86.8 Å². The van der Waals surface area contributed by atoms with Gasteiger partial charge in [-0.1, -0.05) is 42.5 Å². The highest BCUT2D eigenvalue weighted by Crippen LogP contribution is 2.23. The number of hydrogen-bond donors (Lipinski definition) is 2. The van der Waals surface area contributed by atoms with Crippen LogP contribution in [-0.2, 0) is 16.1 Å². The maximum atomic E-state index is 12.6. The lowest BCUT2D eigenvalue weighted by atomic mass is 10.1. The molecule has 182 valence electrons. The monoisotopic (exact) mass is 473 g/mol. The molecule has 0 saturated carbocycles. The van der Waals surface area contributed by atoms with E-state index in [-0.39, 0.29) is 12.6 Å². The number of nitrogens with one attached hydrogen (secondary N) is 2. The van der Waals surface area contributed by atoms with E-state index in [1.165, 1.54) is 5.69 Å². The number of piperazine rings is 1. The zero-order valence-electron chi connectivity index (χ0n) is 19.9. The predicted molar refractivity (Wildman–Crippen MR) is 135 cm³/mol. The van der Waals surface area contributed by atoms with Gasteiger partial charge in [-0.3, -0.25) is 19.5 Å². The van der Waals surface area contributed by atoms with Crippen LogP contribution < -0.4 is 20.3 Å². The average molecular weight is 474 g/mol. The van der Waals surface area contributed by atoms with Crippen molar-refractivity contribution in [2.75, 3.05) is 44.7 Å². The first-order valence-corrected chi connectivity index (χ1v) is 11.8. The molecule has 0 unspecified atom stereocenters. The van der Waals surface area contributed by atoms with Crippen LogP contribution in [-0.4, -0.2) is 61.5 Å². The lowest BCUT2D eigenvalue weighted by Crippen LogP contribution is -2.50. The molecule has 1 aromatic heterocycles. The normalized spacial score (nSPS) is 14.7. The number of para-hydroxylation sites is 2. The molecule has 2 amide bonds. The number of benzene rings is 2. The summed E-state index contributed by atoms with van der Waals surface area (Å²) in [5, 5.41) is 5.50. The summed E-state index contributed by atoms with van der Waals surface area (Å²) >= 11 is 0. The molecule has 1 saturated heterocycles. The highest BCUT2D eigenvalue weighted by molar-refractivity contribution is 6.35. The van der Waals surface area contributed by atoms with Crippen LogP contribution in [0.25, 0.3) is 0 Å². The molecule has 0 radical (unpaired) electrons. The Kier molecular flexibility index (Phi) is 8.30. The molecule has 35 heavy (non-hydrogen) atoms. The van der Waals surface area contributed by atoms with Gasteiger partial charge in [-0.25, -0.2) is 0 Å². The van der Waals surface area contributed by atoms with Crippen molar-refractivity contribution < 1.29 is 14.3 Å². The van der Waals surface area contributed by atoms with Gasteiger partial charge in [0.25, 0.3) is 0 Å². The first-order valence-electron chi connectivity index (χ1n) is 11.8. The number of anilines is 1. The molecule has 0 spiro atoms. The number of methoxy groups -OCH3 is 1. The standard InChI is InChI=1S/C27H31N5O3/c1-35-25-12-6-5-8-22(25)19-29-26(33)27(34)30-20-24(21-9-7-13-28-18-21)32-16-14-31(15-17-32)23-10-3-2-4-11-23/h2-13,18,24H,14-17,19-20H2,1H3,(H,29,33)(H,30,34)/t24-/m1/s1. The lowest BCUT2D eigenvalue weighted by Gasteiger charge is -2.40. The van der Waals surface area contributed by atoms with Gasteiger partial charge in [-0.05, 0) is 29.8 Å². The summed E-state index contributed by atoms with van der Waals surface area (Å²) in [5.41, 5.74) is 3.03. The molecular formula is C27H31N5O3. The van der Waals surface area contributed by atoms with Crippen molar-refractivity contribution in [3.05, 3.63) is 90.3 Å². The van der Waals surface area contributed by atoms with Gasteiger partial charge < -0.3 is 20.3 Å². The first-order chi connectivity index (χ1) is 17.2. The van der Waals surface area contributed by atoms with Gasteiger partial charge in [-0.15, -0.1) is 0 Å². The Morgan fingerprint density at radius 1 is 0.914 bits per heavy atom. The number of pyridine rings is 1. The smallest absolute Gasteiger partial charge is 0.309 e. The third kappa shape index (κ3) is 6.36. The molecule has 0 bridgehead atoms. The summed E-state index contributed by atoms with van der Waals surface area (Å²) in [6.45, 7) is 3.97. The van der Waals surface area contributed by atoms with E-state index in [0.717, 1.165) is 37.3 Å². The van der Waals surface area contributed by atoms with Gasteiger partial charge in [0.15, 0.2) is 0 Å². The Bertz CT molecular complexity index is 1100. The Labute approximate surface area is 205 Å². The highest BCUT2D eigenvalue weighted by atomic mass is 16.5. The van der Waals surface area contributed by atoms with E-state index in [4.69, 9.17) is 4.74 Å². The summed E-state index contributed by atoms with van der Waals surface area (Å²) in [6.07, 6.45) is 3.56. The fourth-order valence-corrected chi connectivity index (χ4v) is 4.34.